The van der Waals surface area contributed by atoms with E-state index in [0.717, 1.165) is 70.5 Å². The summed E-state index contributed by atoms with van der Waals surface area (Å²) < 4.78 is 32.7. The predicted octanol–water partition coefficient (Wildman–Crippen LogP) is 4.34. The van der Waals surface area contributed by atoms with Crippen molar-refractivity contribution in [1.82, 2.24) is 9.13 Å². The zero-order valence-electron chi connectivity index (χ0n) is 21.9. The van der Waals surface area contributed by atoms with Crippen molar-refractivity contribution >= 4 is 66.4 Å². The van der Waals surface area contributed by atoms with Crippen molar-refractivity contribution in [2.45, 2.75) is 5.66 Å². The van der Waals surface area contributed by atoms with Gasteiger partial charge < -0.3 is 0 Å². The van der Waals surface area contributed by atoms with E-state index in [-0.39, 0.29) is 0 Å². The van der Waals surface area contributed by atoms with Crippen LogP contribution in [0.15, 0.2) is 109 Å². The van der Waals surface area contributed by atoms with Gasteiger partial charge in [0.2, 0.25) is 0 Å². The van der Waals surface area contributed by atoms with Crippen LogP contribution in [0.3, 0.4) is 0 Å². The Bertz CT molecular complexity index is 2700. The number of hydrogen-bond donors (Lipinski definition) is 0. The second-order valence-corrected chi connectivity index (χ2v) is 14.5. The molecule has 4 aliphatic rings. The van der Waals surface area contributed by atoms with E-state index < -0.39 is 19.5 Å². The molecule has 6 nitrogen and oxygen atoms in total. The van der Waals surface area contributed by atoms with Crippen LogP contribution in [0.2, 0.25) is 0 Å². The minimum atomic E-state index is -2.54. The third-order valence-electron chi connectivity index (χ3n) is 9.90. The van der Waals surface area contributed by atoms with Gasteiger partial charge in [0.15, 0.2) is 0 Å². The van der Waals surface area contributed by atoms with Gasteiger partial charge in [0, 0.05) is 0 Å². The quantitative estimate of drug-likeness (QED) is 0.191. The Kier molecular flexibility index (Phi) is 3.14. The molecule has 0 radical (unpaired) electrons. The van der Waals surface area contributed by atoms with E-state index in [0.29, 0.717) is 0 Å². The van der Waals surface area contributed by atoms with Gasteiger partial charge in [-0.3, -0.25) is 0 Å². The van der Waals surface area contributed by atoms with Crippen LogP contribution in [-0.4, -0.2) is 23.0 Å². The standard InChI is InChI=1S/C35H18N4O2Se/c40-42-26-10-5-8-20-22-14-16-25-30-33(22)39(31(20)26)34-27(42)11-6-18-37(34)35(30)29-24(41-25)15-13-21-19-7-1-2-9-23(19)38(32(21)29)28-12-3-4-17-36(28)35/h1-18H/q+2. The van der Waals surface area contributed by atoms with Gasteiger partial charge >= 0.3 is 243 Å². The second kappa shape index (κ2) is 6.36. The van der Waals surface area contributed by atoms with E-state index in [2.05, 4.69) is 128 Å². The first-order chi connectivity index (χ1) is 20.8. The van der Waals surface area contributed by atoms with E-state index in [1.54, 1.807) is 0 Å². The number of ether oxygens (including phenoxy) is 1. The van der Waals surface area contributed by atoms with Gasteiger partial charge in [-0.05, 0) is 0 Å². The van der Waals surface area contributed by atoms with Crippen LogP contribution in [0.5, 0.6) is 11.5 Å². The number of fused-ring (bicyclic) bond motifs is 6. The summed E-state index contributed by atoms with van der Waals surface area (Å²) in [6, 6.07) is 34.2. The third kappa shape index (κ3) is 1.86. The molecule has 0 N–H and O–H groups in total. The fraction of sp³-hybridized carbons (Fsp3) is 0.0286. The van der Waals surface area contributed by atoms with Crippen molar-refractivity contribution in [3.63, 3.8) is 0 Å². The van der Waals surface area contributed by atoms with Gasteiger partial charge in [0.05, 0.1) is 0 Å². The Morgan fingerprint density at radius 3 is 2.17 bits per heavy atom. The van der Waals surface area contributed by atoms with Crippen LogP contribution in [0.25, 0.3) is 55.2 Å². The number of para-hydroxylation sites is 2. The van der Waals surface area contributed by atoms with Crippen molar-refractivity contribution in [2.24, 2.45) is 0 Å². The summed E-state index contributed by atoms with van der Waals surface area (Å²) in [7, 11) is 0. The summed E-state index contributed by atoms with van der Waals surface area (Å²) in [4.78, 5) is 0. The zero-order valence-corrected chi connectivity index (χ0v) is 23.6. The summed E-state index contributed by atoms with van der Waals surface area (Å²) in [5.41, 5.74) is 5.97. The molecule has 42 heavy (non-hydrogen) atoms. The van der Waals surface area contributed by atoms with E-state index in [9.17, 15) is 3.83 Å². The molecule has 194 valence electrons. The molecule has 0 amide bonds. The number of benzene rings is 4. The first-order valence-electron chi connectivity index (χ1n) is 14.1. The first kappa shape index (κ1) is 20.7. The van der Waals surface area contributed by atoms with Crippen LogP contribution in [0, 0.1) is 0 Å². The van der Waals surface area contributed by atoms with Crippen LogP contribution in [-0.2, 0) is 9.50 Å². The molecule has 0 saturated heterocycles. The number of pyridine rings is 2. The molecule has 0 bridgehead atoms. The Hall–Kier alpha value is -5.10. The van der Waals surface area contributed by atoms with E-state index >= 15 is 0 Å². The number of rotatable bonds is 0. The number of nitrogens with zero attached hydrogens (tertiary/aromatic N) is 4. The minimum absolute atomic E-state index is 0.790. The van der Waals surface area contributed by atoms with E-state index in [1.165, 1.54) is 16.3 Å². The Labute approximate surface area is 241 Å². The summed E-state index contributed by atoms with van der Waals surface area (Å²) in [6.07, 6.45) is 4.38. The molecular formula is C35H18N4O2Se+2. The van der Waals surface area contributed by atoms with Crippen LogP contribution in [0.1, 0.15) is 11.1 Å². The average molecular weight is 606 g/mol. The molecular weight excluding hydrogens is 587 g/mol. The second-order valence-electron chi connectivity index (χ2n) is 11.5. The van der Waals surface area contributed by atoms with Gasteiger partial charge in [0.25, 0.3) is 0 Å². The molecule has 4 aromatic heterocycles. The first-order valence-corrected chi connectivity index (χ1v) is 16.5. The van der Waals surface area contributed by atoms with Gasteiger partial charge in [-0.2, -0.15) is 0 Å². The van der Waals surface area contributed by atoms with Crippen LogP contribution < -0.4 is 22.8 Å². The molecule has 4 aromatic carbocycles. The molecule has 8 aromatic rings. The van der Waals surface area contributed by atoms with Crippen LogP contribution >= 0.6 is 0 Å². The van der Waals surface area contributed by atoms with Gasteiger partial charge in [-0.25, -0.2) is 0 Å². The molecule has 8 heterocycles. The van der Waals surface area contributed by atoms with Crippen molar-refractivity contribution in [3.8, 4) is 23.1 Å². The maximum absolute atomic E-state index is 14.4. The van der Waals surface area contributed by atoms with Gasteiger partial charge in [-0.15, -0.1) is 0 Å². The normalized spacial score (nSPS) is 19.6. The molecule has 0 fully saturated rings. The molecule has 7 heteroatoms. The molecule has 0 saturated carbocycles. The molecule has 1 spiro atoms. The van der Waals surface area contributed by atoms with Crippen molar-refractivity contribution in [3.05, 3.63) is 121 Å². The van der Waals surface area contributed by atoms with Crippen molar-refractivity contribution < 1.29 is 17.7 Å². The van der Waals surface area contributed by atoms with Gasteiger partial charge in [0.1, 0.15) is 0 Å². The van der Waals surface area contributed by atoms with E-state index in [4.69, 9.17) is 4.74 Å². The topological polar surface area (TPSA) is 43.9 Å². The Morgan fingerprint density at radius 2 is 1.29 bits per heavy atom. The maximum atomic E-state index is 14.4. The van der Waals surface area contributed by atoms with Gasteiger partial charge in [-0.1, -0.05) is 0 Å². The number of hydrogen-bond acceptors (Lipinski definition) is 2. The SMILES string of the molecule is O=[Se]1c2ccc[n+]3c2-n2c4c1cccc4c1ccc4c(c12)C31c2c(ccc3c5ccccc5n(c23)-c2cccc[n+]21)O4. The van der Waals surface area contributed by atoms with Crippen LogP contribution in [0.4, 0.5) is 0 Å². The summed E-state index contributed by atoms with van der Waals surface area (Å²) in [6.45, 7) is 0. The third-order valence-corrected chi connectivity index (χ3v) is 12.9. The molecule has 2 unspecified atom stereocenters. The zero-order chi connectivity index (χ0) is 27.1. The molecule has 2 atom stereocenters. The Morgan fingerprint density at radius 1 is 0.595 bits per heavy atom. The number of aromatic nitrogens is 4. The van der Waals surface area contributed by atoms with E-state index in [1.807, 2.05) is 0 Å². The summed E-state index contributed by atoms with van der Waals surface area (Å²) >= 11 is -2.54. The predicted molar refractivity (Wildman–Crippen MR) is 159 cm³/mol. The fourth-order valence-electron chi connectivity index (χ4n) is 8.54. The fourth-order valence-corrected chi connectivity index (χ4v) is 11.4. The van der Waals surface area contributed by atoms with Crippen molar-refractivity contribution in [1.29, 1.82) is 0 Å². The van der Waals surface area contributed by atoms with Crippen molar-refractivity contribution in [2.75, 3.05) is 0 Å². The monoisotopic (exact) mass is 606 g/mol. The average Bonchev–Trinajstić information content (AvgIpc) is 3.56. The summed E-state index contributed by atoms with van der Waals surface area (Å²) in [5.74, 6) is 3.78. The molecule has 4 aliphatic heterocycles. The summed E-state index contributed by atoms with van der Waals surface area (Å²) in [5, 5.41) is 4.72. The molecule has 0 aliphatic carbocycles. The molecule has 12 rings (SSSR count). The Balaban J connectivity index is 1.46.